The van der Waals surface area contributed by atoms with Gasteiger partial charge < -0.3 is 30.0 Å². The highest BCUT2D eigenvalue weighted by Gasteiger charge is 2.24. The number of nitrogens with zero attached hydrogens (tertiary/aromatic N) is 4. The molecular weight excluding hydrogens is 508 g/mol. The van der Waals surface area contributed by atoms with Crippen LogP contribution in [0.15, 0.2) is 24.4 Å². The standard InChI is InChI=1S/C25H34N8O4S/c1-15(2)21-20(29-25(38-21)30-23(36)18-12-16(27-14-34)13-32(18)5)24(37)28-19-9-8-17(33(19)6)22(35)26-10-7-11-31(3)4/h8-9,12-15H,7,10-11H2,1-6H3,(H,26,35)(H,27,34)(H,28,37)(H,29,30,36). The van der Waals surface area contributed by atoms with Gasteiger partial charge in [0.25, 0.3) is 17.7 Å². The van der Waals surface area contributed by atoms with Crippen LogP contribution in [0.25, 0.3) is 0 Å². The van der Waals surface area contributed by atoms with Crippen molar-refractivity contribution in [1.29, 1.82) is 0 Å². The summed E-state index contributed by atoms with van der Waals surface area (Å²) in [5, 5.41) is 11.2. The number of carbonyl (C=O) groups excluding carboxylic acids is 4. The molecule has 4 N–H and O–H groups in total. The van der Waals surface area contributed by atoms with Crippen LogP contribution in [0.3, 0.4) is 0 Å². The summed E-state index contributed by atoms with van der Waals surface area (Å²) in [4.78, 5) is 56.4. The Labute approximate surface area is 225 Å². The van der Waals surface area contributed by atoms with E-state index in [0.717, 1.165) is 13.0 Å². The lowest BCUT2D eigenvalue weighted by atomic mass is 10.1. The van der Waals surface area contributed by atoms with Crippen LogP contribution in [0.2, 0.25) is 0 Å². The first-order valence-electron chi connectivity index (χ1n) is 12.1. The molecule has 0 bridgehead atoms. The van der Waals surface area contributed by atoms with Crippen molar-refractivity contribution in [3.05, 3.63) is 46.4 Å². The summed E-state index contributed by atoms with van der Waals surface area (Å²) >= 11 is 1.22. The highest BCUT2D eigenvalue weighted by atomic mass is 32.1. The number of nitrogens with one attached hydrogen (secondary N) is 4. The molecule has 3 heterocycles. The van der Waals surface area contributed by atoms with Crippen LogP contribution in [-0.4, -0.2) is 70.3 Å². The molecule has 0 radical (unpaired) electrons. The molecular formula is C25H34N8O4S. The van der Waals surface area contributed by atoms with E-state index in [2.05, 4.69) is 26.3 Å². The van der Waals surface area contributed by atoms with Crippen molar-refractivity contribution in [1.82, 2.24) is 24.3 Å². The van der Waals surface area contributed by atoms with Crippen LogP contribution in [-0.2, 0) is 18.9 Å². The third kappa shape index (κ3) is 6.86. The molecule has 0 saturated heterocycles. The van der Waals surface area contributed by atoms with Gasteiger partial charge >= 0.3 is 0 Å². The molecule has 13 heteroatoms. The molecule has 0 aliphatic heterocycles. The van der Waals surface area contributed by atoms with Gasteiger partial charge in [0.1, 0.15) is 22.9 Å². The number of rotatable bonds is 12. The summed E-state index contributed by atoms with van der Waals surface area (Å²) in [5.41, 5.74) is 1.43. The van der Waals surface area contributed by atoms with Crippen molar-refractivity contribution in [2.75, 3.05) is 43.1 Å². The lowest BCUT2D eigenvalue weighted by molar-refractivity contribution is -0.105. The Hall–Kier alpha value is -3.97. The van der Waals surface area contributed by atoms with Gasteiger partial charge in [-0.1, -0.05) is 13.8 Å². The van der Waals surface area contributed by atoms with Gasteiger partial charge in [-0.05, 0) is 51.2 Å². The highest BCUT2D eigenvalue weighted by molar-refractivity contribution is 7.16. The molecule has 204 valence electrons. The molecule has 0 aliphatic rings. The number of aryl methyl sites for hydroxylation is 1. The van der Waals surface area contributed by atoms with Crippen LogP contribution in [0.4, 0.5) is 16.6 Å². The quantitative estimate of drug-likeness (QED) is 0.205. The largest absolute Gasteiger partial charge is 0.351 e. The fraction of sp³-hybridized carbons (Fsp3) is 0.400. The molecule has 0 aromatic carbocycles. The minimum atomic E-state index is -0.444. The number of hydrogen-bond acceptors (Lipinski definition) is 7. The first kappa shape index (κ1) is 28.6. The van der Waals surface area contributed by atoms with Gasteiger partial charge in [-0.25, -0.2) is 4.98 Å². The van der Waals surface area contributed by atoms with Crippen molar-refractivity contribution in [3.8, 4) is 0 Å². The molecule has 0 fully saturated rings. The maximum Gasteiger partial charge on any atom is 0.276 e. The molecule has 0 unspecified atom stereocenters. The van der Waals surface area contributed by atoms with E-state index in [1.807, 2.05) is 32.8 Å². The Kier molecular flexibility index (Phi) is 9.42. The molecule has 4 amide bonds. The van der Waals surface area contributed by atoms with Crippen LogP contribution in [0.5, 0.6) is 0 Å². The zero-order valence-electron chi connectivity index (χ0n) is 22.4. The van der Waals surface area contributed by atoms with E-state index < -0.39 is 11.8 Å². The Bertz CT molecular complexity index is 1320. The minimum Gasteiger partial charge on any atom is -0.351 e. The van der Waals surface area contributed by atoms with Gasteiger partial charge in [0.05, 0.1) is 5.69 Å². The topological polar surface area (TPSA) is 142 Å². The summed E-state index contributed by atoms with van der Waals surface area (Å²) in [6, 6.07) is 4.86. The summed E-state index contributed by atoms with van der Waals surface area (Å²) in [6.45, 7) is 5.29. The monoisotopic (exact) mass is 542 g/mol. The number of thiazole rings is 1. The van der Waals surface area contributed by atoms with Gasteiger partial charge in [-0.15, -0.1) is 11.3 Å². The van der Waals surface area contributed by atoms with Gasteiger partial charge in [0.15, 0.2) is 5.13 Å². The molecule has 0 atom stereocenters. The minimum absolute atomic E-state index is 0.0192. The smallest absolute Gasteiger partial charge is 0.276 e. The SMILES string of the molecule is CC(C)c1sc(NC(=O)c2cc(NC=O)cn2C)nc1C(=O)Nc1ccc(C(=O)NCCCN(C)C)n1C. The lowest BCUT2D eigenvalue weighted by Gasteiger charge is -2.11. The average Bonchev–Trinajstić information content (AvgIpc) is 3.54. The van der Waals surface area contributed by atoms with Crippen molar-refractivity contribution >= 4 is 52.1 Å². The van der Waals surface area contributed by atoms with E-state index in [-0.39, 0.29) is 22.7 Å². The Morgan fingerprint density at radius 1 is 1.08 bits per heavy atom. The molecule has 0 aliphatic carbocycles. The second-order valence-electron chi connectivity index (χ2n) is 9.36. The van der Waals surface area contributed by atoms with E-state index in [4.69, 9.17) is 0 Å². The second kappa shape index (κ2) is 12.5. The van der Waals surface area contributed by atoms with E-state index in [9.17, 15) is 19.2 Å². The summed E-state index contributed by atoms with van der Waals surface area (Å²) < 4.78 is 3.20. The summed E-state index contributed by atoms with van der Waals surface area (Å²) in [7, 11) is 7.34. The first-order valence-corrected chi connectivity index (χ1v) is 12.9. The zero-order chi connectivity index (χ0) is 28.0. The van der Waals surface area contributed by atoms with E-state index in [0.29, 0.717) is 40.7 Å². The predicted octanol–water partition coefficient (Wildman–Crippen LogP) is 2.70. The maximum absolute atomic E-state index is 13.2. The number of aromatic nitrogens is 3. The Balaban J connectivity index is 1.72. The lowest BCUT2D eigenvalue weighted by Crippen LogP contribution is -2.28. The highest BCUT2D eigenvalue weighted by Crippen LogP contribution is 2.31. The van der Waals surface area contributed by atoms with Crippen molar-refractivity contribution < 1.29 is 19.2 Å². The third-order valence-electron chi connectivity index (χ3n) is 5.74. The van der Waals surface area contributed by atoms with Crippen LogP contribution >= 0.6 is 11.3 Å². The average molecular weight is 543 g/mol. The third-order valence-corrected chi connectivity index (χ3v) is 7.01. The zero-order valence-corrected chi connectivity index (χ0v) is 23.2. The van der Waals surface area contributed by atoms with Crippen LogP contribution < -0.4 is 21.3 Å². The van der Waals surface area contributed by atoms with Crippen molar-refractivity contribution in [2.24, 2.45) is 14.1 Å². The maximum atomic E-state index is 13.2. The van der Waals surface area contributed by atoms with E-state index >= 15 is 0 Å². The van der Waals surface area contributed by atoms with Crippen LogP contribution in [0, 0.1) is 0 Å². The molecule has 0 saturated carbocycles. The fourth-order valence-electron chi connectivity index (χ4n) is 3.77. The summed E-state index contributed by atoms with van der Waals surface area (Å²) in [5.74, 6) is -0.664. The van der Waals surface area contributed by atoms with Gasteiger partial charge in [-0.2, -0.15) is 0 Å². The van der Waals surface area contributed by atoms with Gasteiger partial charge in [0.2, 0.25) is 6.41 Å². The molecule has 3 aromatic rings. The molecule has 12 nitrogen and oxygen atoms in total. The number of amides is 4. The molecule has 3 rings (SSSR count). The normalized spacial score (nSPS) is 11.1. The van der Waals surface area contributed by atoms with E-state index in [1.165, 1.54) is 11.3 Å². The molecule has 3 aromatic heterocycles. The van der Waals surface area contributed by atoms with Gasteiger partial charge in [0, 0.05) is 31.7 Å². The molecule has 0 spiro atoms. The Morgan fingerprint density at radius 3 is 2.47 bits per heavy atom. The first-order chi connectivity index (χ1) is 18.0. The second-order valence-corrected chi connectivity index (χ2v) is 10.4. The van der Waals surface area contributed by atoms with E-state index in [1.54, 1.807) is 47.6 Å². The predicted molar refractivity (Wildman–Crippen MR) is 148 cm³/mol. The fourth-order valence-corrected chi connectivity index (χ4v) is 4.73. The van der Waals surface area contributed by atoms with Crippen molar-refractivity contribution in [3.63, 3.8) is 0 Å². The Morgan fingerprint density at radius 2 is 1.82 bits per heavy atom. The number of hydrogen-bond donors (Lipinski definition) is 4. The van der Waals surface area contributed by atoms with Crippen LogP contribution in [0.1, 0.15) is 62.5 Å². The summed E-state index contributed by atoms with van der Waals surface area (Å²) in [6.07, 6.45) is 2.97. The molecule has 38 heavy (non-hydrogen) atoms. The van der Waals surface area contributed by atoms with Gasteiger partial charge in [-0.3, -0.25) is 24.5 Å². The number of anilines is 3. The van der Waals surface area contributed by atoms with Crippen molar-refractivity contribution in [2.45, 2.75) is 26.2 Å². The number of carbonyl (C=O) groups is 4.